The van der Waals surface area contributed by atoms with E-state index in [1.54, 1.807) is 30.1 Å². The predicted octanol–water partition coefficient (Wildman–Crippen LogP) is 2.81. The quantitative estimate of drug-likeness (QED) is 0.726. The molecule has 124 valence electrons. The van der Waals surface area contributed by atoms with E-state index in [0.29, 0.717) is 29.3 Å². The van der Waals surface area contributed by atoms with Crippen molar-refractivity contribution in [2.45, 2.75) is 26.8 Å². The number of carbonyl (C=O) groups excluding carboxylic acids is 1. The van der Waals surface area contributed by atoms with Crippen LogP contribution in [0, 0.1) is 0 Å². The molecule has 0 saturated carbocycles. The minimum Gasteiger partial charge on any atom is -0.462 e. The molecule has 0 atom stereocenters. The molecule has 24 heavy (non-hydrogen) atoms. The van der Waals surface area contributed by atoms with Crippen LogP contribution in [0.25, 0.3) is 16.9 Å². The Hall–Kier alpha value is -2.96. The van der Waals surface area contributed by atoms with Gasteiger partial charge in [-0.15, -0.1) is 0 Å². The van der Waals surface area contributed by atoms with Crippen LogP contribution in [0.1, 0.15) is 31.1 Å². The maximum Gasteiger partial charge on any atom is 0.341 e. The molecule has 0 radical (unpaired) electrons. The maximum absolute atomic E-state index is 12.1. The largest absolute Gasteiger partial charge is 0.462 e. The normalized spacial score (nSPS) is 11.0. The molecule has 0 aliphatic rings. The van der Waals surface area contributed by atoms with Crippen LogP contribution < -0.4 is 5.32 Å². The van der Waals surface area contributed by atoms with Crippen LogP contribution in [-0.4, -0.2) is 38.4 Å². The summed E-state index contributed by atoms with van der Waals surface area (Å²) in [6, 6.07) is 5.73. The van der Waals surface area contributed by atoms with E-state index in [2.05, 4.69) is 20.4 Å². The summed E-state index contributed by atoms with van der Waals surface area (Å²) in [6.07, 6.45) is 4.95. The fourth-order valence-corrected chi connectivity index (χ4v) is 2.39. The van der Waals surface area contributed by atoms with E-state index in [-0.39, 0.29) is 6.04 Å². The first-order chi connectivity index (χ1) is 11.6. The second-order valence-electron chi connectivity index (χ2n) is 5.58. The summed E-state index contributed by atoms with van der Waals surface area (Å²) >= 11 is 0. The van der Waals surface area contributed by atoms with Gasteiger partial charge in [0.25, 0.3) is 0 Å². The number of fused-ring (bicyclic) bond motifs is 1. The summed E-state index contributed by atoms with van der Waals surface area (Å²) in [5.41, 5.74) is 1.77. The van der Waals surface area contributed by atoms with Gasteiger partial charge in [-0.2, -0.15) is 9.78 Å². The average molecular weight is 325 g/mol. The molecule has 3 rings (SSSR count). The molecular weight excluding hydrogens is 306 g/mol. The molecule has 7 nitrogen and oxygen atoms in total. The molecule has 0 aliphatic carbocycles. The van der Waals surface area contributed by atoms with Crippen LogP contribution in [-0.2, 0) is 4.74 Å². The molecule has 0 saturated heterocycles. The van der Waals surface area contributed by atoms with Crippen molar-refractivity contribution in [1.29, 1.82) is 0 Å². The molecule has 3 heterocycles. The Labute approximate surface area is 139 Å². The summed E-state index contributed by atoms with van der Waals surface area (Å²) in [6.45, 7) is 6.09. The van der Waals surface area contributed by atoms with Crippen LogP contribution in [0.2, 0.25) is 0 Å². The van der Waals surface area contributed by atoms with Gasteiger partial charge in [-0.05, 0) is 32.9 Å². The highest BCUT2D eigenvalue weighted by Gasteiger charge is 2.17. The zero-order valence-corrected chi connectivity index (χ0v) is 13.9. The molecule has 0 spiro atoms. The van der Waals surface area contributed by atoms with E-state index in [1.165, 1.54) is 6.20 Å². The number of rotatable bonds is 5. The first-order valence-corrected chi connectivity index (χ1v) is 7.83. The zero-order chi connectivity index (χ0) is 17.1. The number of hydrogen-bond acceptors (Lipinski definition) is 6. The van der Waals surface area contributed by atoms with Gasteiger partial charge in [-0.3, -0.25) is 0 Å². The number of aromatic nitrogens is 4. The van der Waals surface area contributed by atoms with Crippen molar-refractivity contribution >= 4 is 22.7 Å². The van der Waals surface area contributed by atoms with E-state index in [9.17, 15) is 4.79 Å². The third kappa shape index (κ3) is 3.05. The lowest BCUT2D eigenvalue weighted by atomic mass is 10.2. The SMILES string of the molecule is CCOC(=O)c1cnc(-n2ncc3cccnc32)cc1NC(C)C. The molecule has 0 bridgehead atoms. The Morgan fingerprint density at radius 2 is 2.17 bits per heavy atom. The molecule has 0 fully saturated rings. The third-order valence-corrected chi connectivity index (χ3v) is 3.38. The van der Waals surface area contributed by atoms with E-state index in [0.717, 1.165) is 5.39 Å². The first kappa shape index (κ1) is 15.9. The van der Waals surface area contributed by atoms with Crippen LogP contribution in [0.15, 0.2) is 36.8 Å². The van der Waals surface area contributed by atoms with Crippen LogP contribution in [0.4, 0.5) is 5.69 Å². The van der Waals surface area contributed by atoms with Crippen molar-refractivity contribution < 1.29 is 9.53 Å². The van der Waals surface area contributed by atoms with Gasteiger partial charge >= 0.3 is 5.97 Å². The summed E-state index contributed by atoms with van der Waals surface area (Å²) in [5, 5.41) is 8.53. The molecule has 7 heteroatoms. The Morgan fingerprint density at radius 1 is 1.33 bits per heavy atom. The fraction of sp³-hybridized carbons (Fsp3) is 0.294. The fourth-order valence-electron chi connectivity index (χ4n) is 2.39. The number of ether oxygens (including phenoxy) is 1. The van der Waals surface area contributed by atoms with Crippen LogP contribution in [0.5, 0.6) is 0 Å². The number of carbonyl (C=O) groups is 1. The van der Waals surface area contributed by atoms with Gasteiger partial charge in [-0.1, -0.05) is 0 Å². The number of hydrogen-bond donors (Lipinski definition) is 1. The summed E-state index contributed by atoms with van der Waals surface area (Å²) in [4.78, 5) is 20.8. The first-order valence-electron chi connectivity index (χ1n) is 7.83. The molecule has 0 amide bonds. The standard InChI is InChI=1S/C17H19N5O2/c1-4-24-17(23)13-10-19-15(8-14(13)21-11(2)3)22-16-12(9-20-22)6-5-7-18-16/h5-11H,4H2,1-3H3,(H,19,21). The Bertz CT molecular complexity index is 872. The van der Waals surface area contributed by atoms with Crippen LogP contribution in [0.3, 0.4) is 0 Å². The molecular formula is C17H19N5O2. The maximum atomic E-state index is 12.1. The van der Waals surface area contributed by atoms with Crippen molar-refractivity contribution in [3.63, 3.8) is 0 Å². The summed E-state index contributed by atoms with van der Waals surface area (Å²) < 4.78 is 6.75. The van der Waals surface area contributed by atoms with Crippen molar-refractivity contribution in [3.8, 4) is 5.82 Å². The highest BCUT2D eigenvalue weighted by molar-refractivity contribution is 5.95. The lowest BCUT2D eigenvalue weighted by Gasteiger charge is -2.15. The van der Waals surface area contributed by atoms with Gasteiger partial charge in [0.1, 0.15) is 5.56 Å². The second-order valence-corrected chi connectivity index (χ2v) is 5.58. The summed E-state index contributed by atoms with van der Waals surface area (Å²) in [5.74, 6) is 0.183. The molecule has 1 N–H and O–H groups in total. The van der Waals surface area contributed by atoms with E-state index in [1.807, 2.05) is 26.0 Å². The monoisotopic (exact) mass is 325 g/mol. The van der Waals surface area contributed by atoms with Gasteiger partial charge in [0.05, 0.1) is 18.5 Å². The van der Waals surface area contributed by atoms with Gasteiger partial charge in [-0.25, -0.2) is 14.8 Å². The topological polar surface area (TPSA) is 81.9 Å². The van der Waals surface area contributed by atoms with E-state index in [4.69, 9.17) is 4.74 Å². The van der Waals surface area contributed by atoms with E-state index >= 15 is 0 Å². The Kier molecular flexibility index (Phi) is 4.41. The van der Waals surface area contributed by atoms with Gasteiger partial charge in [0.2, 0.25) is 0 Å². The van der Waals surface area contributed by atoms with Crippen molar-refractivity contribution in [3.05, 3.63) is 42.4 Å². The summed E-state index contributed by atoms with van der Waals surface area (Å²) in [7, 11) is 0. The van der Waals surface area contributed by atoms with Crippen LogP contribution >= 0.6 is 0 Å². The van der Waals surface area contributed by atoms with Gasteiger partial charge in [0, 0.05) is 29.9 Å². The third-order valence-electron chi connectivity index (χ3n) is 3.38. The minimum absolute atomic E-state index is 0.154. The lowest BCUT2D eigenvalue weighted by molar-refractivity contribution is 0.0527. The van der Waals surface area contributed by atoms with Gasteiger partial charge < -0.3 is 10.1 Å². The predicted molar refractivity (Wildman–Crippen MR) is 91.4 cm³/mol. The van der Waals surface area contributed by atoms with Gasteiger partial charge in [0.15, 0.2) is 11.5 Å². The highest BCUT2D eigenvalue weighted by Crippen LogP contribution is 2.22. The molecule has 3 aromatic rings. The molecule has 0 unspecified atom stereocenters. The second kappa shape index (κ2) is 6.66. The lowest BCUT2D eigenvalue weighted by Crippen LogP contribution is -2.16. The van der Waals surface area contributed by atoms with Crippen molar-refractivity contribution in [2.24, 2.45) is 0 Å². The smallest absolute Gasteiger partial charge is 0.341 e. The number of pyridine rings is 2. The number of esters is 1. The number of anilines is 1. The Morgan fingerprint density at radius 3 is 2.92 bits per heavy atom. The van der Waals surface area contributed by atoms with Crippen molar-refractivity contribution in [2.75, 3.05) is 11.9 Å². The number of nitrogens with zero attached hydrogens (tertiary/aromatic N) is 4. The Balaban J connectivity index is 2.08. The minimum atomic E-state index is -0.400. The molecule has 0 aliphatic heterocycles. The highest BCUT2D eigenvalue weighted by atomic mass is 16.5. The average Bonchev–Trinajstić information content (AvgIpc) is 2.98. The van der Waals surface area contributed by atoms with Crippen molar-refractivity contribution in [1.82, 2.24) is 19.7 Å². The molecule has 0 aromatic carbocycles. The molecule has 3 aromatic heterocycles. The number of nitrogens with one attached hydrogen (secondary N) is 1. The zero-order valence-electron chi connectivity index (χ0n) is 13.9. The van der Waals surface area contributed by atoms with E-state index < -0.39 is 5.97 Å².